The van der Waals surface area contributed by atoms with Crippen LogP contribution in [0.15, 0.2) is 0 Å². The molecule has 0 aromatic heterocycles. The number of alkyl halides is 1. The minimum absolute atomic E-state index is 0.0319. The van der Waals surface area contributed by atoms with Gasteiger partial charge < -0.3 is 9.84 Å². The molecular formula is C27H45BrO2. The predicted octanol–water partition coefficient (Wildman–Crippen LogP) is 6.97. The van der Waals surface area contributed by atoms with Crippen LogP contribution in [0.5, 0.6) is 0 Å². The number of rotatable bonds is 5. The molecule has 0 bridgehead atoms. The Kier molecular flexibility index (Phi) is 5.52. The van der Waals surface area contributed by atoms with Crippen molar-refractivity contribution >= 4 is 15.9 Å². The van der Waals surface area contributed by atoms with Gasteiger partial charge in [0.2, 0.25) is 0 Å². The highest BCUT2D eigenvalue weighted by Gasteiger charge is 2.78. The van der Waals surface area contributed by atoms with E-state index in [9.17, 15) is 5.11 Å². The number of aliphatic hydroxyl groups is 1. The molecule has 4 saturated carbocycles. The smallest absolute Gasteiger partial charge is 0.104 e. The average molecular weight is 482 g/mol. The zero-order valence-corrected chi connectivity index (χ0v) is 21.6. The first-order valence-corrected chi connectivity index (χ1v) is 14.1. The molecule has 0 amide bonds. The second kappa shape index (κ2) is 7.45. The summed E-state index contributed by atoms with van der Waals surface area (Å²) < 4.78 is 6.57. The number of hydrogen-bond acceptors (Lipinski definition) is 2. The lowest BCUT2D eigenvalue weighted by Crippen LogP contribution is -2.62. The van der Waals surface area contributed by atoms with E-state index >= 15 is 0 Å². The van der Waals surface area contributed by atoms with E-state index in [2.05, 4.69) is 50.5 Å². The summed E-state index contributed by atoms with van der Waals surface area (Å²) in [7, 11) is 0. The van der Waals surface area contributed by atoms with E-state index in [4.69, 9.17) is 4.74 Å². The fourth-order valence-corrected chi connectivity index (χ4v) is 10.9. The zero-order valence-electron chi connectivity index (χ0n) is 20.0. The van der Waals surface area contributed by atoms with E-state index in [-0.39, 0.29) is 17.1 Å². The lowest BCUT2D eigenvalue weighted by Gasteiger charge is -2.60. The van der Waals surface area contributed by atoms with Crippen LogP contribution >= 0.6 is 15.9 Å². The maximum atomic E-state index is 10.4. The SMILES string of the molecule is CC(C)CCC[C@@H](C)[C@H]1CC[C@H]2[C@@H]3[C@H](Br)[C@H]4O[C@]45C[C@@H](O)CC[C@]5(C)[C@H]3CC[C@]12C. The van der Waals surface area contributed by atoms with Gasteiger partial charge in [-0.3, -0.25) is 0 Å². The Hall–Kier alpha value is 0.400. The molecule has 30 heavy (non-hydrogen) atoms. The third kappa shape index (κ3) is 2.99. The van der Waals surface area contributed by atoms with E-state index in [1.54, 1.807) is 0 Å². The molecule has 1 spiro atoms. The standard InChI is InChI=1S/C27H45BrO2/c1-16(2)7-6-8-17(3)19-9-10-20-22-21(12-13-25(19,20)4)26(5)14-11-18(29)15-27(26)24(30-27)23(22)28/h16-24,29H,6-15H2,1-5H3/t17-,18+,19-,20+,21+,22+,23+,24-,25-,26-,27-/m1/s1. The second-order valence-corrected chi connectivity index (χ2v) is 14.1. The minimum atomic E-state index is -0.157. The van der Waals surface area contributed by atoms with Gasteiger partial charge in [0.05, 0.1) is 6.10 Å². The molecule has 5 aliphatic rings. The fourth-order valence-electron chi connectivity index (χ4n) is 9.61. The molecule has 1 saturated heterocycles. The average Bonchev–Trinajstić information content (AvgIpc) is 3.29. The second-order valence-electron chi connectivity index (χ2n) is 13.0. The van der Waals surface area contributed by atoms with E-state index in [1.165, 1.54) is 44.9 Å². The largest absolute Gasteiger partial charge is 0.393 e. The van der Waals surface area contributed by atoms with Gasteiger partial charge in [-0.2, -0.15) is 0 Å². The number of aliphatic hydroxyl groups excluding tert-OH is 1. The van der Waals surface area contributed by atoms with Crippen LogP contribution in [0.1, 0.15) is 98.8 Å². The van der Waals surface area contributed by atoms with Crippen LogP contribution < -0.4 is 0 Å². The zero-order chi connectivity index (χ0) is 21.5. The molecule has 2 nitrogen and oxygen atoms in total. The highest BCUT2D eigenvalue weighted by atomic mass is 79.9. The van der Waals surface area contributed by atoms with E-state index in [1.807, 2.05) is 0 Å². The number of ether oxygens (including phenoxy) is 1. The summed E-state index contributed by atoms with van der Waals surface area (Å²) >= 11 is 4.21. The molecule has 172 valence electrons. The highest BCUT2D eigenvalue weighted by Crippen LogP contribution is 2.75. The number of halogens is 1. The summed E-state index contributed by atoms with van der Waals surface area (Å²) in [4.78, 5) is 0.487. The Bertz CT molecular complexity index is 665. The van der Waals surface area contributed by atoms with Gasteiger partial charge in [-0.25, -0.2) is 0 Å². The van der Waals surface area contributed by atoms with Crippen molar-refractivity contribution < 1.29 is 9.84 Å². The van der Waals surface area contributed by atoms with Gasteiger partial charge in [0.15, 0.2) is 0 Å². The number of hydrogen-bond donors (Lipinski definition) is 1. The van der Waals surface area contributed by atoms with E-state index < -0.39 is 0 Å². The van der Waals surface area contributed by atoms with Gasteiger partial charge >= 0.3 is 0 Å². The van der Waals surface area contributed by atoms with Crippen LogP contribution in [-0.4, -0.2) is 27.7 Å². The molecular weight excluding hydrogens is 436 g/mol. The van der Waals surface area contributed by atoms with E-state index in [0.29, 0.717) is 16.3 Å². The van der Waals surface area contributed by atoms with Gasteiger partial charge in [-0.15, -0.1) is 0 Å². The highest BCUT2D eigenvalue weighted by molar-refractivity contribution is 9.09. The van der Waals surface area contributed by atoms with Gasteiger partial charge in [-0.05, 0) is 79.4 Å². The topological polar surface area (TPSA) is 32.8 Å². The van der Waals surface area contributed by atoms with Crippen molar-refractivity contribution in [1.82, 2.24) is 0 Å². The summed E-state index contributed by atoms with van der Waals surface area (Å²) in [5.41, 5.74) is 0.758. The minimum Gasteiger partial charge on any atom is -0.393 e. The van der Waals surface area contributed by atoms with Crippen molar-refractivity contribution in [3.63, 3.8) is 0 Å². The Balaban J connectivity index is 1.37. The molecule has 0 aromatic carbocycles. The van der Waals surface area contributed by atoms with Crippen LogP contribution in [0.25, 0.3) is 0 Å². The van der Waals surface area contributed by atoms with Crippen molar-refractivity contribution in [3.8, 4) is 0 Å². The van der Waals surface area contributed by atoms with Gasteiger partial charge in [-0.1, -0.05) is 69.8 Å². The summed E-state index contributed by atoms with van der Waals surface area (Å²) in [6, 6.07) is 0. The summed E-state index contributed by atoms with van der Waals surface area (Å²) in [6.07, 6.45) is 13.1. The van der Waals surface area contributed by atoms with Crippen LogP contribution in [0.2, 0.25) is 0 Å². The maximum Gasteiger partial charge on any atom is 0.104 e. The lowest BCUT2D eigenvalue weighted by atomic mass is 9.44. The lowest BCUT2D eigenvalue weighted by molar-refractivity contribution is -0.114. The Morgan fingerprint density at radius 3 is 2.50 bits per heavy atom. The van der Waals surface area contributed by atoms with E-state index in [0.717, 1.165) is 54.8 Å². The van der Waals surface area contributed by atoms with Crippen molar-refractivity contribution in [1.29, 1.82) is 0 Å². The first kappa shape index (κ1) is 22.2. The maximum absolute atomic E-state index is 10.4. The Morgan fingerprint density at radius 2 is 1.77 bits per heavy atom. The molecule has 4 aliphatic carbocycles. The summed E-state index contributed by atoms with van der Waals surface area (Å²) in [5.74, 6) is 4.99. The molecule has 11 atom stereocenters. The molecule has 0 unspecified atom stereocenters. The van der Waals surface area contributed by atoms with Gasteiger partial charge in [0.1, 0.15) is 11.7 Å². The van der Waals surface area contributed by atoms with Gasteiger partial charge in [0.25, 0.3) is 0 Å². The summed E-state index contributed by atoms with van der Waals surface area (Å²) in [5, 5.41) is 10.4. The molecule has 1 heterocycles. The number of epoxide rings is 1. The normalized spacial score (nSPS) is 55.4. The predicted molar refractivity (Wildman–Crippen MR) is 127 cm³/mol. The third-order valence-corrected chi connectivity index (χ3v) is 12.3. The van der Waals surface area contributed by atoms with Gasteiger partial charge in [0, 0.05) is 16.7 Å². The molecule has 3 heteroatoms. The van der Waals surface area contributed by atoms with Crippen LogP contribution in [-0.2, 0) is 4.74 Å². The van der Waals surface area contributed by atoms with Crippen molar-refractivity contribution in [2.45, 2.75) is 121 Å². The molecule has 1 N–H and O–H groups in total. The quantitative estimate of drug-likeness (QED) is 0.340. The first-order valence-electron chi connectivity index (χ1n) is 13.1. The monoisotopic (exact) mass is 480 g/mol. The summed E-state index contributed by atoms with van der Waals surface area (Å²) in [6.45, 7) is 12.5. The van der Waals surface area contributed by atoms with Crippen molar-refractivity contribution in [2.75, 3.05) is 0 Å². The molecule has 5 rings (SSSR count). The Labute approximate surface area is 193 Å². The van der Waals surface area contributed by atoms with Crippen molar-refractivity contribution in [3.05, 3.63) is 0 Å². The molecule has 0 radical (unpaired) electrons. The molecule has 5 fully saturated rings. The van der Waals surface area contributed by atoms with Crippen molar-refractivity contribution in [2.24, 2.45) is 46.3 Å². The van der Waals surface area contributed by atoms with Crippen LogP contribution in [0, 0.1) is 46.3 Å². The fraction of sp³-hybridized carbons (Fsp3) is 1.00. The Morgan fingerprint density at radius 1 is 1.00 bits per heavy atom. The first-order chi connectivity index (χ1) is 14.1. The molecule has 0 aromatic rings. The van der Waals surface area contributed by atoms with Crippen LogP contribution in [0.4, 0.5) is 0 Å². The number of fused-ring (bicyclic) bond motifs is 4. The molecule has 1 aliphatic heterocycles. The van der Waals surface area contributed by atoms with Crippen LogP contribution in [0.3, 0.4) is 0 Å². The third-order valence-electron chi connectivity index (χ3n) is 11.3.